The zero-order valence-electron chi connectivity index (χ0n) is 12.1. The Hall–Kier alpha value is 0.0499. The molecule has 0 bridgehead atoms. The second-order valence-electron chi connectivity index (χ2n) is 6.53. The van der Waals surface area contributed by atoms with Crippen LogP contribution in [0.4, 0.5) is 0 Å². The number of likely N-dealkylation sites (N-methyl/N-ethyl adjacent to an activating group) is 1. The topological polar surface area (TPSA) is 23.5 Å². The van der Waals surface area contributed by atoms with E-state index in [-0.39, 0.29) is 0 Å². The molecule has 1 saturated heterocycles. The van der Waals surface area contributed by atoms with Gasteiger partial charge in [0.2, 0.25) is 0 Å². The molecule has 0 spiro atoms. The Morgan fingerprint density at radius 3 is 2.00 bits per heavy atom. The summed E-state index contributed by atoms with van der Waals surface area (Å²) in [6.45, 7) is 10.6. The molecule has 0 saturated carbocycles. The van der Waals surface area contributed by atoms with E-state index in [0.29, 0.717) is 30.2 Å². The third-order valence-corrected chi connectivity index (χ3v) is 4.58. The molecular weight excluding hydrogens is 208 g/mol. The van der Waals surface area contributed by atoms with Gasteiger partial charge in [-0.05, 0) is 36.7 Å². The minimum Gasteiger partial charge on any atom is -0.399 e. The van der Waals surface area contributed by atoms with Gasteiger partial charge in [0.15, 0.2) is 0 Å². The van der Waals surface area contributed by atoms with E-state index >= 15 is 0 Å². The Morgan fingerprint density at radius 1 is 1.18 bits per heavy atom. The highest BCUT2D eigenvalue weighted by molar-refractivity contribution is 6.25. The van der Waals surface area contributed by atoms with Gasteiger partial charge in [-0.2, -0.15) is 0 Å². The second kappa shape index (κ2) is 4.62. The highest BCUT2D eigenvalue weighted by Crippen LogP contribution is 2.43. The largest absolute Gasteiger partial charge is 0.399 e. The zero-order chi connectivity index (χ0) is 13.6. The normalized spacial score (nSPS) is 44.5. The number of likely N-dealkylation sites (tertiary alicyclic amines) is 1. The molecule has 1 fully saturated rings. The molecule has 1 N–H and O–H groups in total. The summed E-state index contributed by atoms with van der Waals surface area (Å²) in [5, 5.41) is 10.4. The highest BCUT2D eigenvalue weighted by atomic mass is 16.3. The molecule has 1 aliphatic rings. The lowest BCUT2D eigenvalue weighted by Gasteiger charge is -2.60. The minimum atomic E-state index is -1.33. The van der Waals surface area contributed by atoms with Gasteiger partial charge in [-0.25, -0.2) is 0 Å². The molecule has 4 atom stereocenters. The van der Waals surface area contributed by atoms with Crippen molar-refractivity contribution in [2.24, 2.45) is 17.8 Å². The molecule has 0 amide bonds. The maximum Gasteiger partial charge on any atom is 0.114 e. The fourth-order valence-corrected chi connectivity index (χ4v) is 3.16. The van der Waals surface area contributed by atoms with Crippen LogP contribution in [0.15, 0.2) is 0 Å². The van der Waals surface area contributed by atoms with Crippen LogP contribution in [-0.4, -0.2) is 49.7 Å². The maximum absolute atomic E-state index is 10.4. The van der Waals surface area contributed by atoms with Crippen molar-refractivity contribution in [3.05, 3.63) is 0 Å². The van der Waals surface area contributed by atoms with Crippen molar-refractivity contribution >= 4 is 15.7 Å². The zero-order valence-corrected chi connectivity index (χ0v) is 12.1. The number of hydrogen-bond donors (Lipinski definition) is 1. The molecule has 4 radical (unpaired) electrons. The smallest absolute Gasteiger partial charge is 0.114 e. The van der Waals surface area contributed by atoms with E-state index in [2.05, 4.69) is 32.6 Å². The van der Waals surface area contributed by atoms with E-state index in [0.717, 1.165) is 0 Å². The van der Waals surface area contributed by atoms with Gasteiger partial charge < -0.3 is 10.0 Å². The third-order valence-electron chi connectivity index (χ3n) is 4.58. The number of hydrogen-bond acceptors (Lipinski definition) is 2. The van der Waals surface area contributed by atoms with E-state index < -0.39 is 10.9 Å². The Morgan fingerprint density at radius 2 is 1.65 bits per heavy atom. The molecule has 4 unspecified atom stereocenters. The van der Waals surface area contributed by atoms with Gasteiger partial charge in [-0.3, -0.25) is 0 Å². The van der Waals surface area contributed by atoms with Crippen LogP contribution in [0.25, 0.3) is 0 Å². The Bertz CT molecular complexity index is 275. The quantitative estimate of drug-likeness (QED) is 0.728. The molecule has 0 aromatic carbocycles. The molecule has 94 valence electrons. The third kappa shape index (κ3) is 2.44. The Balaban J connectivity index is 3.13. The lowest BCUT2D eigenvalue weighted by Crippen LogP contribution is -2.72. The van der Waals surface area contributed by atoms with Gasteiger partial charge in [0.1, 0.15) is 7.85 Å². The molecule has 17 heavy (non-hydrogen) atoms. The van der Waals surface area contributed by atoms with Crippen LogP contribution < -0.4 is 0 Å². The van der Waals surface area contributed by atoms with Crippen molar-refractivity contribution in [1.82, 2.24) is 4.90 Å². The van der Waals surface area contributed by atoms with Crippen LogP contribution >= 0.6 is 0 Å². The molecular formula is C13H25B2NO. The van der Waals surface area contributed by atoms with Crippen molar-refractivity contribution in [3.8, 4) is 0 Å². The summed E-state index contributed by atoms with van der Waals surface area (Å²) in [6.07, 6.45) is 0.560. The summed E-state index contributed by atoms with van der Waals surface area (Å²) in [5.41, 5.74) is -2.21. The number of aliphatic hydroxyl groups is 1. The first-order valence-corrected chi connectivity index (χ1v) is 6.55. The van der Waals surface area contributed by atoms with E-state index in [1.165, 1.54) is 0 Å². The average Bonchev–Trinajstić information content (AvgIpc) is 2.13. The van der Waals surface area contributed by atoms with Crippen molar-refractivity contribution in [1.29, 1.82) is 0 Å². The summed E-state index contributed by atoms with van der Waals surface area (Å²) in [4.78, 5) is 2.06. The van der Waals surface area contributed by atoms with Crippen molar-refractivity contribution in [2.45, 2.75) is 58.0 Å². The molecule has 4 heteroatoms. The van der Waals surface area contributed by atoms with Gasteiger partial charge in [-0.1, -0.05) is 34.6 Å². The van der Waals surface area contributed by atoms with E-state index in [1.54, 1.807) is 0 Å². The average molecular weight is 233 g/mol. The van der Waals surface area contributed by atoms with Gasteiger partial charge >= 0.3 is 0 Å². The maximum atomic E-state index is 10.4. The van der Waals surface area contributed by atoms with Crippen LogP contribution in [0.3, 0.4) is 0 Å². The van der Waals surface area contributed by atoms with E-state index in [4.69, 9.17) is 15.7 Å². The summed E-state index contributed by atoms with van der Waals surface area (Å²) >= 11 is 0. The van der Waals surface area contributed by atoms with Gasteiger partial charge in [0, 0.05) is 11.5 Å². The summed E-state index contributed by atoms with van der Waals surface area (Å²) in [7, 11) is 14.2. The monoisotopic (exact) mass is 233 g/mol. The predicted octanol–water partition coefficient (Wildman–Crippen LogP) is 1.36. The lowest BCUT2D eigenvalue weighted by molar-refractivity contribution is -0.102. The number of piperidine rings is 1. The van der Waals surface area contributed by atoms with E-state index in [9.17, 15) is 5.11 Å². The van der Waals surface area contributed by atoms with Crippen LogP contribution in [0.2, 0.25) is 0 Å². The van der Waals surface area contributed by atoms with Crippen LogP contribution in [-0.2, 0) is 0 Å². The predicted molar refractivity (Wildman–Crippen MR) is 74.2 cm³/mol. The summed E-state index contributed by atoms with van der Waals surface area (Å²) < 4.78 is 0. The first kappa shape index (κ1) is 15.1. The summed E-state index contributed by atoms with van der Waals surface area (Å²) in [5.74, 6) is 1.34. The Labute approximate surface area is 109 Å². The highest BCUT2D eigenvalue weighted by Gasteiger charge is 2.52. The molecule has 2 nitrogen and oxygen atoms in total. The first-order valence-electron chi connectivity index (χ1n) is 6.55. The molecule has 0 aromatic rings. The standard InChI is InChI=1S/C13H25B2NO/c1-8(2)10-7-13(15,17)12(5,14)16(6)11(10)9(3)4/h8-11,17H,7H2,1-6H3. The van der Waals surface area contributed by atoms with Gasteiger partial charge in [0.25, 0.3) is 0 Å². The van der Waals surface area contributed by atoms with Gasteiger partial charge in [-0.15, -0.1) is 0 Å². The lowest BCUT2D eigenvalue weighted by atomic mass is 9.49. The van der Waals surface area contributed by atoms with Crippen LogP contribution in [0, 0.1) is 17.8 Å². The second-order valence-corrected chi connectivity index (χ2v) is 6.53. The van der Waals surface area contributed by atoms with E-state index in [1.807, 2.05) is 14.0 Å². The van der Waals surface area contributed by atoms with Crippen molar-refractivity contribution < 1.29 is 5.11 Å². The summed E-state index contributed by atoms with van der Waals surface area (Å²) in [6, 6.07) is 0.355. The molecule has 0 aliphatic carbocycles. The molecule has 0 aromatic heterocycles. The molecule has 1 heterocycles. The first-order chi connectivity index (χ1) is 7.52. The fraction of sp³-hybridized carbons (Fsp3) is 1.00. The SMILES string of the molecule is [B]C1(O)CC(C(C)C)C(C(C)C)N(C)C1([B])C. The molecule has 1 rings (SSSR count). The number of rotatable bonds is 2. The van der Waals surface area contributed by atoms with Crippen molar-refractivity contribution in [3.63, 3.8) is 0 Å². The molecule has 1 aliphatic heterocycles. The Kier molecular flexibility index (Phi) is 4.11. The van der Waals surface area contributed by atoms with Crippen LogP contribution in [0.1, 0.15) is 41.0 Å². The number of nitrogens with zero attached hydrogens (tertiary/aromatic N) is 1. The fourth-order valence-electron chi connectivity index (χ4n) is 3.16. The minimum absolute atomic E-state index is 0.355. The van der Waals surface area contributed by atoms with Gasteiger partial charge in [0.05, 0.1) is 7.85 Å². The van der Waals surface area contributed by atoms with Crippen molar-refractivity contribution in [2.75, 3.05) is 7.05 Å². The van der Waals surface area contributed by atoms with Crippen LogP contribution in [0.5, 0.6) is 0 Å².